The summed E-state index contributed by atoms with van der Waals surface area (Å²) in [7, 11) is 0. The van der Waals surface area contributed by atoms with E-state index < -0.39 is 0 Å². The molecule has 1 aliphatic heterocycles. The summed E-state index contributed by atoms with van der Waals surface area (Å²) in [6, 6.07) is 19.8. The van der Waals surface area contributed by atoms with Crippen LogP contribution in [0.25, 0.3) is 27.9 Å². The molecule has 0 radical (unpaired) electrons. The lowest BCUT2D eigenvalue weighted by atomic mass is 10.2. The first-order chi connectivity index (χ1) is 14.8. The molecule has 30 heavy (non-hydrogen) atoms. The third-order valence-corrected chi connectivity index (χ3v) is 5.89. The van der Waals surface area contributed by atoms with Gasteiger partial charge in [0.15, 0.2) is 5.65 Å². The lowest BCUT2D eigenvalue weighted by molar-refractivity contribution is 0.822. The Morgan fingerprint density at radius 3 is 2.50 bits per heavy atom. The number of benzene rings is 2. The molecule has 0 aliphatic carbocycles. The summed E-state index contributed by atoms with van der Waals surface area (Å²) in [6.07, 6.45) is 1.68. The van der Waals surface area contributed by atoms with Crippen LogP contribution in [-0.4, -0.2) is 30.2 Å². The average Bonchev–Trinajstić information content (AvgIpc) is 3.43. The topological polar surface area (TPSA) is 60.9 Å². The SMILES string of the molecule is O=c1n(CCl)c2cccnc2n1-c1ccc(N2CCn3c2nc2ccccc23)cc1. The predicted octanol–water partition coefficient (Wildman–Crippen LogP) is 3.88. The van der Waals surface area contributed by atoms with E-state index in [2.05, 4.69) is 20.5 Å². The minimum Gasteiger partial charge on any atom is -0.310 e. The molecule has 0 spiro atoms. The van der Waals surface area contributed by atoms with E-state index in [9.17, 15) is 4.79 Å². The van der Waals surface area contributed by atoms with Crippen LogP contribution >= 0.6 is 11.6 Å². The van der Waals surface area contributed by atoms with Crippen molar-refractivity contribution in [1.29, 1.82) is 0 Å². The van der Waals surface area contributed by atoms with Gasteiger partial charge in [0.25, 0.3) is 0 Å². The third-order valence-electron chi connectivity index (χ3n) is 5.65. The largest absolute Gasteiger partial charge is 0.336 e. The van der Waals surface area contributed by atoms with Crippen molar-refractivity contribution < 1.29 is 0 Å². The number of pyridine rings is 1. The third kappa shape index (κ3) is 2.35. The van der Waals surface area contributed by atoms with Crippen molar-refractivity contribution in [2.24, 2.45) is 0 Å². The number of alkyl halides is 1. The highest BCUT2D eigenvalue weighted by molar-refractivity contribution is 6.15. The van der Waals surface area contributed by atoms with Crippen LogP contribution in [0.5, 0.6) is 0 Å². The van der Waals surface area contributed by atoms with Crippen LogP contribution in [0, 0.1) is 0 Å². The molecule has 0 bridgehead atoms. The smallest absolute Gasteiger partial charge is 0.310 e. The lowest BCUT2D eigenvalue weighted by Crippen LogP contribution is -2.22. The Balaban J connectivity index is 1.43. The first kappa shape index (κ1) is 17.3. The normalized spacial score (nSPS) is 13.4. The molecule has 0 saturated carbocycles. The van der Waals surface area contributed by atoms with E-state index in [-0.39, 0.29) is 11.7 Å². The molecule has 0 fully saturated rings. The van der Waals surface area contributed by atoms with Crippen molar-refractivity contribution in [3.05, 3.63) is 77.3 Å². The van der Waals surface area contributed by atoms with Gasteiger partial charge < -0.3 is 9.47 Å². The minimum absolute atomic E-state index is 0.0795. The molecule has 5 aromatic rings. The van der Waals surface area contributed by atoms with Crippen LogP contribution in [0.1, 0.15) is 0 Å². The number of hydrogen-bond acceptors (Lipinski definition) is 4. The van der Waals surface area contributed by atoms with E-state index in [1.807, 2.05) is 48.5 Å². The minimum atomic E-state index is -0.200. The Labute approximate surface area is 176 Å². The second-order valence-electron chi connectivity index (χ2n) is 7.23. The van der Waals surface area contributed by atoms with Crippen LogP contribution in [0.2, 0.25) is 0 Å². The molecule has 8 heteroatoms. The second-order valence-corrected chi connectivity index (χ2v) is 7.47. The van der Waals surface area contributed by atoms with Crippen LogP contribution in [-0.2, 0) is 12.5 Å². The van der Waals surface area contributed by atoms with Crippen LogP contribution in [0.15, 0.2) is 71.7 Å². The number of para-hydroxylation sites is 2. The predicted molar refractivity (Wildman–Crippen MR) is 118 cm³/mol. The Bertz CT molecular complexity index is 1460. The molecular weight excluding hydrogens is 400 g/mol. The number of fused-ring (bicyclic) bond motifs is 4. The molecule has 0 N–H and O–H groups in total. The fraction of sp³-hybridized carbons (Fsp3) is 0.136. The van der Waals surface area contributed by atoms with Gasteiger partial charge in [0.05, 0.1) is 22.2 Å². The zero-order valence-corrected chi connectivity index (χ0v) is 16.7. The zero-order valence-electron chi connectivity index (χ0n) is 15.9. The highest BCUT2D eigenvalue weighted by Gasteiger charge is 2.24. The van der Waals surface area contributed by atoms with Gasteiger partial charge in [-0.05, 0) is 48.5 Å². The maximum Gasteiger partial charge on any atom is 0.336 e. The van der Waals surface area contributed by atoms with Crippen molar-refractivity contribution in [1.82, 2.24) is 23.7 Å². The Kier molecular flexibility index (Phi) is 3.73. The van der Waals surface area contributed by atoms with E-state index in [4.69, 9.17) is 16.6 Å². The van der Waals surface area contributed by atoms with Crippen molar-refractivity contribution in [3.63, 3.8) is 0 Å². The van der Waals surface area contributed by atoms with Crippen molar-refractivity contribution >= 4 is 45.4 Å². The summed E-state index contributed by atoms with van der Waals surface area (Å²) in [4.78, 5) is 24.3. The van der Waals surface area contributed by atoms with E-state index in [1.54, 1.807) is 16.8 Å². The van der Waals surface area contributed by atoms with E-state index >= 15 is 0 Å². The van der Waals surface area contributed by atoms with E-state index in [0.717, 1.165) is 47.0 Å². The molecule has 148 valence electrons. The number of anilines is 2. The maximum absolute atomic E-state index is 12.9. The first-order valence-electron chi connectivity index (χ1n) is 9.72. The summed E-state index contributed by atoms with van der Waals surface area (Å²) in [5.74, 6) is 0.946. The van der Waals surface area contributed by atoms with E-state index in [0.29, 0.717) is 5.65 Å². The second kappa shape index (κ2) is 6.47. The van der Waals surface area contributed by atoms with Crippen molar-refractivity contribution in [2.75, 3.05) is 11.4 Å². The quantitative estimate of drug-likeness (QED) is 0.419. The van der Waals surface area contributed by atoms with Gasteiger partial charge in [0.2, 0.25) is 5.95 Å². The Hall–Kier alpha value is -3.58. The molecule has 4 heterocycles. The molecule has 0 saturated heterocycles. The fourth-order valence-electron chi connectivity index (χ4n) is 4.25. The van der Waals surface area contributed by atoms with Gasteiger partial charge in [0.1, 0.15) is 6.00 Å². The first-order valence-corrected chi connectivity index (χ1v) is 10.3. The number of nitrogens with zero attached hydrogens (tertiary/aromatic N) is 6. The van der Waals surface area contributed by atoms with Gasteiger partial charge >= 0.3 is 5.69 Å². The van der Waals surface area contributed by atoms with Gasteiger partial charge in [-0.2, -0.15) is 0 Å². The number of hydrogen-bond donors (Lipinski definition) is 0. The van der Waals surface area contributed by atoms with Gasteiger partial charge in [-0.15, -0.1) is 11.6 Å². The summed E-state index contributed by atoms with van der Waals surface area (Å²) >= 11 is 6.01. The van der Waals surface area contributed by atoms with Crippen molar-refractivity contribution in [3.8, 4) is 5.69 Å². The highest BCUT2D eigenvalue weighted by atomic mass is 35.5. The molecule has 6 rings (SSSR count). The summed E-state index contributed by atoms with van der Waals surface area (Å²) in [6.45, 7) is 1.75. The van der Waals surface area contributed by atoms with Gasteiger partial charge in [-0.25, -0.2) is 19.3 Å². The van der Waals surface area contributed by atoms with Crippen LogP contribution < -0.4 is 10.6 Å². The lowest BCUT2D eigenvalue weighted by Gasteiger charge is -2.16. The molecule has 2 aromatic carbocycles. The zero-order chi connectivity index (χ0) is 20.2. The fourth-order valence-corrected chi connectivity index (χ4v) is 4.48. The summed E-state index contributed by atoms with van der Waals surface area (Å²) in [5, 5.41) is 0. The average molecular weight is 417 g/mol. The number of rotatable bonds is 3. The molecular formula is C22H17ClN6O. The molecule has 0 unspecified atom stereocenters. The monoisotopic (exact) mass is 416 g/mol. The van der Waals surface area contributed by atoms with Crippen LogP contribution in [0.3, 0.4) is 0 Å². The van der Waals surface area contributed by atoms with Gasteiger partial charge in [-0.1, -0.05) is 12.1 Å². The molecule has 0 amide bonds. The number of imidazole rings is 2. The Morgan fingerprint density at radius 1 is 0.900 bits per heavy atom. The molecule has 3 aromatic heterocycles. The molecule has 1 aliphatic rings. The number of halogens is 1. The van der Waals surface area contributed by atoms with Gasteiger partial charge in [-0.3, -0.25) is 4.57 Å². The van der Waals surface area contributed by atoms with E-state index in [1.165, 1.54) is 4.57 Å². The summed E-state index contributed by atoms with van der Waals surface area (Å²) < 4.78 is 5.35. The number of aromatic nitrogens is 5. The highest BCUT2D eigenvalue weighted by Crippen LogP contribution is 2.33. The maximum atomic E-state index is 12.9. The van der Waals surface area contributed by atoms with Crippen LogP contribution in [0.4, 0.5) is 11.6 Å². The molecule has 0 atom stereocenters. The summed E-state index contributed by atoms with van der Waals surface area (Å²) in [5.41, 5.74) is 5.06. The van der Waals surface area contributed by atoms with Gasteiger partial charge in [0, 0.05) is 25.0 Å². The molecule has 7 nitrogen and oxygen atoms in total. The standard InChI is InChI=1S/C22H17ClN6O/c23-14-28-19-6-3-11-24-20(19)29(22(28)30)16-9-7-15(8-10-16)26-12-13-27-18-5-2-1-4-17(18)25-21(26)27/h1-11H,12-14H2. The van der Waals surface area contributed by atoms with Crippen molar-refractivity contribution in [2.45, 2.75) is 12.5 Å². The Morgan fingerprint density at radius 2 is 1.67 bits per heavy atom.